The van der Waals surface area contributed by atoms with Gasteiger partial charge >= 0.3 is 0 Å². The molecule has 108 valence electrons. The standard InChI is InChI=1S/C12H9FN4O4/c13-9-6-7(17(20)21)3-4-8(9)11(18)15-16-12(19)10-2-1-5-14-10/h1-6,14H,(H,15,18)(H,16,19). The Morgan fingerprint density at radius 3 is 2.48 bits per heavy atom. The normalized spacial score (nSPS) is 9.95. The highest BCUT2D eigenvalue weighted by molar-refractivity contribution is 5.98. The van der Waals surface area contributed by atoms with E-state index in [9.17, 15) is 24.1 Å². The van der Waals surface area contributed by atoms with Gasteiger partial charge in [-0.2, -0.15) is 0 Å². The number of amides is 2. The molecular formula is C12H9FN4O4. The summed E-state index contributed by atoms with van der Waals surface area (Å²) in [5.41, 5.74) is 3.40. The molecule has 21 heavy (non-hydrogen) atoms. The number of hydrogen-bond donors (Lipinski definition) is 3. The van der Waals surface area contributed by atoms with E-state index in [4.69, 9.17) is 0 Å². The van der Waals surface area contributed by atoms with Crippen LogP contribution in [0.2, 0.25) is 0 Å². The second-order valence-corrected chi connectivity index (χ2v) is 3.91. The van der Waals surface area contributed by atoms with Gasteiger partial charge in [0.25, 0.3) is 17.5 Å². The zero-order valence-corrected chi connectivity index (χ0v) is 10.4. The van der Waals surface area contributed by atoms with Crippen LogP contribution in [-0.2, 0) is 0 Å². The van der Waals surface area contributed by atoms with Gasteiger partial charge in [0, 0.05) is 12.3 Å². The van der Waals surface area contributed by atoms with Crippen LogP contribution in [0.5, 0.6) is 0 Å². The Morgan fingerprint density at radius 1 is 1.19 bits per heavy atom. The van der Waals surface area contributed by atoms with Gasteiger partial charge in [-0.1, -0.05) is 0 Å². The predicted octanol–water partition coefficient (Wildman–Crippen LogP) is 1.14. The minimum absolute atomic E-state index is 0.208. The number of carbonyl (C=O) groups excluding carboxylic acids is 2. The lowest BCUT2D eigenvalue weighted by Gasteiger charge is -2.07. The number of nitrogens with zero attached hydrogens (tertiary/aromatic N) is 1. The third kappa shape index (κ3) is 3.21. The first-order chi connectivity index (χ1) is 9.99. The Morgan fingerprint density at radius 2 is 1.90 bits per heavy atom. The summed E-state index contributed by atoms with van der Waals surface area (Å²) in [4.78, 5) is 35.5. The first-order valence-corrected chi connectivity index (χ1v) is 5.67. The number of hydrazine groups is 1. The lowest BCUT2D eigenvalue weighted by atomic mass is 10.2. The predicted molar refractivity (Wildman–Crippen MR) is 68.8 cm³/mol. The number of nitro benzene ring substituents is 1. The lowest BCUT2D eigenvalue weighted by molar-refractivity contribution is -0.385. The van der Waals surface area contributed by atoms with Gasteiger partial charge < -0.3 is 4.98 Å². The Kier molecular flexibility index (Phi) is 3.93. The molecule has 2 aromatic rings. The molecule has 2 amide bonds. The summed E-state index contributed by atoms with van der Waals surface area (Å²) in [5.74, 6) is -2.60. The molecule has 9 heteroatoms. The van der Waals surface area contributed by atoms with E-state index in [1.54, 1.807) is 6.07 Å². The van der Waals surface area contributed by atoms with Gasteiger partial charge in [0.15, 0.2) is 0 Å². The molecule has 0 saturated carbocycles. The summed E-state index contributed by atoms with van der Waals surface area (Å²) in [6, 6.07) is 5.65. The average Bonchev–Trinajstić information content (AvgIpc) is 2.98. The monoisotopic (exact) mass is 292 g/mol. The van der Waals surface area contributed by atoms with E-state index in [1.165, 1.54) is 12.3 Å². The number of nitro groups is 1. The van der Waals surface area contributed by atoms with E-state index in [-0.39, 0.29) is 5.69 Å². The highest BCUT2D eigenvalue weighted by atomic mass is 19.1. The molecule has 0 saturated heterocycles. The zero-order chi connectivity index (χ0) is 15.4. The fourth-order valence-corrected chi connectivity index (χ4v) is 1.52. The molecule has 1 heterocycles. The molecule has 3 N–H and O–H groups in total. The smallest absolute Gasteiger partial charge is 0.286 e. The van der Waals surface area contributed by atoms with Crippen LogP contribution in [0.15, 0.2) is 36.5 Å². The van der Waals surface area contributed by atoms with Gasteiger partial charge in [0.05, 0.1) is 16.6 Å². The summed E-state index contributed by atoms with van der Waals surface area (Å²) >= 11 is 0. The highest BCUT2D eigenvalue weighted by Crippen LogP contribution is 2.16. The van der Waals surface area contributed by atoms with Crippen molar-refractivity contribution >= 4 is 17.5 Å². The van der Waals surface area contributed by atoms with Crippen molar-refractivity contribution < 1.29 is 18.9 Å². The van der Waals surface area contributed by atoms with E-state index in [1.807, 2.05) is 5.43 Å². The first-order valence-electron chi connectivity index (χ1n) is 5.67. The van der Waals surface area contributed by atoms with E-state index in [0.29, 0.717) is 6.07 Å². The molecule has 0 unspecified atom stereocenters. The Bertz CT molecular complexity index is 699. The van der Waals surface area contributed by atoms with Gasteiger partial charge in [-0.05, 0) is 18.2 Å². The zero-order valence-electron chi connectivity index (χ0n) is 10.4. The maximum atomic E-state index is 13.6. The summed E-state index contributed by atoms with van der Waals surface area (Å²) < 4.78 is 13.6. The van der Waals surface area contributed by atoms with Crippen LogP contribution in [0.3, 0.4) is 0 Å². The van der Waals surface area contributed by atoms with E-state index < -0.39 is 33.8 Å². The Hall–Kier alpha value is -3.23. The first kappa shape index (κ1) is 14.2. The topological polar surface area (TPSA) is 117 Å². The van der Waals surface area contributed by atoms with Gasteiger partial charge in [-0.3, -0.25) is 30.6 Å². The number of non-ortho nitro benzene ring substituents is 1. The molecule has 0 fully saturated rings. The minimum Gasteiger partial charge on any atom is -0.357 e. The van der Waals surface area contributed by atoms with Crippen molar-refractivity contribution in [2.45, 2.75) is 0 Å². The second-order valence-electron chi connectivity index (χ2n) is 3.91. The largest absolute Gasteiger partial charge is 0.357 e. The summed E-state index contributed by atoms with van der Waals surface area (Å²) in [5, 5.41) is 10.5. The van der Waals surface area contributed by atoms with Gasteiger partial charge in [-0.25, -0.2) is 4.39 Å². The number of rotatable bonds is 3. The van der Waals surface area contributed by atoms with E-state index in [2.05, 4.69) is 10.4 Å². The third-order valence-electron chi connectivity index (χ3n) is 2.54. The van der Waals surface area contributed by atoms with Crippen LogP contribution in [0, 0.1) is 15.9 Å². The van der Waals surface area contributed by atoms with Crippen molar-refractivity contribution in [3.05, 3.63) is 63.7 Å². The SMILES string of the molecule is O=C(NNC(=O)c1ccc([N+](=O)[O-])cc1F)c1ccc[nH]1. The third-order valence-corrected chi connectivity index (χ3v) is 2.54. The number of halogens is 1. The summed E-state index contributed by atoms with van der Waals surface area (Å²) in [7, 11) is 0. The number of carbonyl (C=O) groups is 2. The minimum atomic E-state index is -1.06. The Balaban J connectivity index is 2.04. The molecule has 0 bridgehead atoms. The van der Waals surface area contributed by atoms with Gasteiger partial charge in [0.2, 0.25) is 0 Å². The second kappa shape index (κ2) is 5.82. The van der Waals surface area contributed by atoms with Crippen molar-refractivity contribution in [1.29, 1.82) is 0 Å². The fraction of sp³-hybridized carbons (Fsp3) is 0. The van der Waals surface area contributed by atoms with Crippen molar-refractivity contribution in [3.8, 4) is 0 Å². The van der Waals surface area contributed by atoms with Crippen LogP contribution in [0.25, 0.3) is 0 Å². The average molecular weight is 292 g/mol. The number of nitrogens with one attached hydrogen (secondary N) is 3. The van der Waals surface area contributed by atoms with Crippen LogP contribution in [0.1, 0.15) is 20.8 Å². The number of benzene rings is 1. The molecule has 0 radical (unpaired) electrons. The van der Waals surface area contributed by atoms with Crippen LogP contribution < -0.4 is 10.9 Å². The molecule has 1 aromatic carbocycles. The summed E-state index contributed by atoms with van der Waals surface area (Å²) in [6.07, 6.45) is 1.52. The molecule has 2 rings (SSSR count). The maximum Gasteiger partial charge on any atom is 0.286 e. The van der Waals surface area contributed by atoms with Crippen molar-refractivity contribution in [3.63, 3.8) is 0 Å². The molecule has 0 spiro atoms. The number of aromatic amines is 1. The fourth-order valence-electron chi connectivity index (χ4n) is 1.52. The van der Waals surface area contributed by atoms with Crippen molar-refractivity contribution in [2.75, 3.05) is 0 Å². The van der Waals surface area contributed by atoms with Crippen LogP contribution in [0.4, 0.5) is 10.1 Å². The molecular weight excluding hydrogens is 283 g/mol. The number of hydrogen-bond acceptors (Lipinski definition) is 4. The molecule has 0 aliphatic carbocycles. The van der Waals surface area contributed by atoms with Gasteiger partial charge in [0.1, 0.15) is 11.5 Å². The van der Waals surface area contributed by atoms with Crippen molar-refractivity contribution in [1.82, 2.24) is 15.8 Å². The number of aromatic nitrogens is 1. The highest BCUT2D eigenvalue weighted by Gasteiger charge is 2.17. The van der Waals surface area contributed by atoms with E-state index >= 15 is 0 Å². The van der Waals surface area contributed by atoms with Crippen LogP contribution in [-0.4, -0.2) is 21.7 Å². The van der Waals surface area contributed by atoms with E-state index in [0.717, 1.165) is 12.1 Å². The molecule has 0 aliphatic rings. The molecule has 1 aromatic heterocycles. The molecule has 8 nitrogen and oxygen atoms in total. The van der Waals surface area contributed by atoms with Gasteiger partial charge in [-0.15, -0.1) is 0 Å². The van der Waals surface area contributed by atoms with Crippen LogP contribution >= 0.6 is 0 Å². The molecule has 0 atom stereocenters. The maximum absolute atomic E-state index is 13.6. The van der Waals surface area contributed by atoms with Crippen molar-refractivity contribution in [2.24, 2.45) is 0 Å². The molecule has 0 aliphatic heterocycles. The Labute approximate surface area is 117 Å². The number of H-pyrrole nitrogens is 1. The lowest BCUT2D eigenvalue weighted by Crippen LogP contribution is -2.42. The summed E-state index contributed by atoms with van der Waals surface area (Å²) in [6.45, 7) is 0. The quantitative estimate of drug-likeness (QED) is 0.580.